The maximum absolute atomic E-state index is 5.40. The lowest BCUT2D eigenvalue weighted by Crippen LogP contribution is -2.38. The predicted octanol–water partition coefficient (Wildman–Crippen LogP) is 2.88. The third kappa shape index (κ3) is 3.98. The number of ether oxygens (including phenoxy) is 2. The van der Waals surface area contributed by atoms with Gasteiger partial charge in [-0.15, -0.1) is 0 Å². The van der Waals surface area contributed by atoms with Gasteiger partial charge in [0.25, 0.3) is 0 Å². The Bertz CT molecular complexity index is 701. The third-order valence-electron chi connectivity index (χ3n) is 4.06. The summed E-state index contributed by atoms with van der Waals surface area (Å²) in [6.07, 6.45) is 0. The minimum absolute atomic E-state index is 0.298. The average molecular weight is 325 g/mol. The van der Waals surface area contributed by atoms with Crippen LogP contribution in [0.2, 0.25) is 0 Å². The van der Waals surface area contributed by atoms with Crippen molar-refractivity contribution in [2.75, 3.05) is 20.4 Å². The molecule has 1 atom stereocenters. The first kappa shape index (κ1) is 16.2. The maximum atomic E-state index is 5.40. The van der Waals surface area contributed by atoms with Crippen molar-refractivity contribution in [1.29, 1.82) is 0 Å². The van der Waals surface area contributed by atoms with Crippen molar-refractivity contribution in [2.45, 2.75) is 19.4 Å². The van der Waals surface area contributed by atoms with Crippen molar-refractivity contribution in [3.63, 3.8) is 0 Å². The van der Waals surface area contributed by atoms with E-state index in [2.05, 4.69) is 46.8 Å². The summed E-state index contributed by atoms with van der Waals surface area (Å²) < 4.78 is 10.7. The first-order valence-electron chi connectivity index (χ1n) is 8.14. The van der Waals surface area contributed by atoms with Gasteiger partial charge < -0.3 is 20.1 Å². The van der Waals surface area contributed by atoms with Gasteiger partial charge in [0, 0.05) is 20.1 Å². The van der Waals surface area contributed by atoms with Gasteiger partial charge in [-0.3, -0.25) is 4.99 Å². The SMILES string of the molecule is CN=C(NCc1ccc2c(c1)OCO2)NCC(C)c1ccccc1. The Morgan fingerprint density at radius 3 is 2.67 bits per heavy atom. The van der Waals surface area contributed by atoms with Gasteiger partial charge in [-0.1, -0.05) is 43.3 Å². The summed E-state index contributed by atoms with van der Waals surface area (Å²) in [6.45, 7) is 4.00. The van der Waals surface area contributed by atoms with E-state index in [1.165, 1.54) is 5.56 Å². The van der Waals surface area contributed by atoms with Gasteiger partial charge in [0.1, 0.15) is 0 Å². The molecule has 2 aromatic carbocycles. The molecular weight excluding hydrogens is 302 g/mol. The fraction of sp³-hybridized carbons (Fsp3) is 0.316. The summed E-state index contributed by atoms with van der Waals surface area (Å²) in [7, 11) is 1.78. The molecular formula is C19H23N3O2. The van der Waals surface area contributed by atoms with Gasteiger partial charge in [-0.25, -0.2) is 0 Å². The molecule has 0 saturated heterocycles. The minimum Gasteiger partial charge on any atom is -0.454 e. The van der Waals surface area contributed by atoms with Crippen LogP contribution in [-0.4, -0.2) is 26.3 Å². The standard InChI is InChI=1S/C19H23N3O2/c1-14(16-6-4-3-5-7-16)11-21-19(20-2)22-12-15-8-9-17-18(10-15)24-13-23-17/h3-10,14H,11-13H2,1-2H3,(H2,20,21,22). The average Bonchev–Trinajstić information content (AvgIpc) is 3.10. The molecule has 0 aliphatic carbocycles. The Balaban J connectivity index is 1.50. The van der Waals surface area contributed by atoms with E-state index in [1.807, 2.05) is 24.3 Å². The van der Waals surface area contributed by atoms with E-state index in [4.69, 9.17) is 9.47 Å². The molecule has 126 valence electrons. The number of rotatable bonds is 5. The molecule has 1 aliphatic heterocycles. The molecule has 3 rings (SSSR count). The van der Waals surface area contributed by atoms with Crippen LogP contribution in [0.1, 0.15) is 24.0 Å². The number of guanidine groups is 1. The van der Waals surface area contributed by atoms with Crippen LogP contribution in [0.25, 0.3) is 0 Å². The van der Waals surface area contributed by atoms with Gasteiger partial charge in [0.15, 0.2) is 17.5 Å². The highest BCUT2D eigenvalue weighted by Gasteiger charge is 2.13. The number of fused-ring (bicyclic) bond motifs is 1. The number of benzene rings is 2. The third-order valence-corrected chi connectivity index (χ3v) is 4.06. The summed E-state index contributed by atoms with van der Waals surface area (Å²) >= 11 is 0. The van der Waals surface area contributed by atoms with Crippen LogP contribution in [-0.2, 0) is 6.54 Å². The van der Waals surface area contributed by atoms with Crippen molar-refractivity contribution in [2.24, 2.45) is 4.99 Å². The summed E-state index contributed by atoms with van der Waals surface area (Å²) in [5.74, 6) is 2.80. The van der Waals surface area contributed by atoms with E-state index < -0.39 is 0 Å². The lowest BCUT2D eigenvalue weighted by Gasteiger charge is -2.16. The molecule has 0 bridgehead atoms. The number of hydrogen-bond acceptors (Lipinski definition) is 3. The number of aliphatic imine (C=N–C) groups is 1. The van der Waals surface area contributed by atoms with Gasteiger partial charge in [0.2, 0.25) is 6.79 Å². The second-order valence-electron chi connectivity index (χ2n) is 5.81. The van der Waals surface area contributed by atoms with Gasteiger partial charge >= 0.3 is 0 Å². The molecule has 0 aromatic heterocycles. The topological polar surface area (TPSA) is 54.9 Å². The number of nitrogens with zero attached hydrogens (tertiary/aromatic N) is 1. The summed E-state index contributed by atoms with van der Waals surface area (Å²) in [5, 5.41) is 6.70. The highest BCUT2D eigenvalue weighted by atomic mass is 16.7. The van der Waals surface area contributed by atoms with Gasteiger partial charge in [-0.2, -0.15) is 0 Å². The fourth-order valence-corrected chi connectivity index (χ4v) is 2.61. The van der Waals surface area contributed by atoms with E-state index in [1.54, 1.807) is 7.05 Å². The second-order valence-corrected chi connectivity index (χ2v) is 5.81. The van der Waals surface area contributed by atoms with Crippen LogP contribution in [0.4, 0.5) is 0 Å². The summed E-state index contributed by atoms with van der Waals surface area (Å²) in [5.41, 5.74) is 2.44. The first-order chi connectivity index (χ1) is 11.8. The molecule has 5 nitrogen and oxygen atoms in total. The lowest BCUT2D eigenvalue weighted by atomic mass is 10.0. The lowest BCUT2D eigenvalue weighted by molar-refractivity contribution is 0.174. The number of hydrogen-bond donors (Lipinski definition) is 2. The van der Waals surface area contributed by atoms with Gasteiger partial charge in [0.05, 0.1) is 0 Å². The van der Waals surface area contributed by atoms with Crippen molar-refractivity contribution >= 4 is 5.96 Å². The molecule has 2 aromatic rings. The first-order valence-corrected chi connectivity index (χ1v) is 8.14. The molecule has 0 radical (unpaired) electrons. The molecule has 0 spiro atoms. The van der Waals surface area contributed by atoms with Crippen LogP contribution < -0.4 is 20.1 Å². The predicted molar refractivity (Wildman–Crippen MR) is 95.6 cm³/mol. The Morgan fingerprint density at radius 2 is 1.88 bits per heavy atom. The van der Waals surface area contributed by atoms with Crippen molar-refractivity contribution in [3.05, 3.63) is 59.7 Å². The molecule has 2 N–H and O–H groups in total. The Kier molecular flexibility index (Phi) is 5.21. The van der Waals surface area contributed by atoms with Crippen molar-refractivity contribution < 1.29 is 9.47 Å². The molecule has 1 unspecified atom stereocenters. The van der Waals surface area contributed by atoms with Gasteiger partial charge in [-0.05, 0) is 29.2 Å². The summed E-state index contributed by atoms with van der Waals surface area (Å²) in [6, 6.07) is 16.4. The van der Waals surface area contributed by atoms with E-state index >= 15 is 0 Å². The zero-order chi connectivity index (χ0) is 16.8. The molecule has 1 aliphatic rings. The number of nitrogens with one attached hydrogen (secondary N) is 2. The largest absolute Gasteiger partial charge is 0.454 e. The quantitative estimate of drug-likeness (QED) is 0.656. The monoisotopic (exact) mass is 325 g/mol. The van der Waals surface area contributed by atoms with E-state index in [-0.39, 0.29) is 0 Å². The van der Waals surface area contributed by atoms with E-state index in [0.29, 0.717) is 19.3 Å². The molecule has 0 fully saturated rings. The highest BCUT2D eigenvalue weighted by Crippen LogP contribution is 2.32. The van der Waals surface area contributed by atoms with Crippen LogP contribution in [0.5, 0.6) is 11.5 Å². The zero-order valence-electron chi connectivity index (χ0n) is 14.1. The Hall–Kier alpha value is -2.69. The smallest absolute Gasteiger partial charge is 0.231 e. The Morgan fingerprint density at radius 1 is 1.08 bits per heavy atom. The van der Waals surface area contributed by atoms with E-state index in [0.717, 1.165) is 29.6 Å². The highest BCUT2D eigenvalue weighted by molar-refractivity contribution is 5.79. The van der Waals surface area contributed by atoms with Crippen LogP contribution >= 0.6 is 0 Å². The summed E-state index contributed by atoms with van der Waals surface area (Å²) in [4.78, 5) is 4.28. The normalized spacial score (nSPS) is 14.3. The fourth-order valence-electron chi connectivity index (χ4n) is 2.61. The Labute approximate surface area is 142 Å². The van der Waals surface area contributed by atoms with Crippen LogP contribution in [0.15, 0.2) is 53.5 Å². The van der Waals surface area contributed by atoms with Crippen molar-refractivity contribution in [1.82, 2.24) is 10.6 Å². The van der Waals surface area contributed by atoms with Crippen LogP contribution in [0.3, 0.4) is 0 Å². The minimum atomic E-state index is 0.298. The molecule has 24 heavy (non-hydrogen) atoms. The molecule has 0 amide bonds. The van der Waals surface area contributed by atoms with E-state index in [9.17, 15) is 0 Å². The molecule has 0 saturated carbocycles. The zero-order valence-corrected chi connectivity index (χ0v) is 14.1. The second kappa shape index (κ2) is 7.73. The molecule has 5 heteroatoms. The molecule has 1 heterocycles. The van der Waals surface area contributed by atoms with Crippen molar-refractivity contribution in [3.8, 4) is 11.5 Å². The van der Waals surface area contributed by atoms with Crippen LogP contribution in [0, 0.1) is 0 Å². The maximum Gasteiger partial charge on any atom is 0.231 e.